The predicted molar refractivity (Wildman–Crippen MR) is 125 cm³/mol. The number of hydrogen-bond acceptors (Lipinski definition) is 6. The van der Waals surface area contributed by atoms with Crippen LogP contribution >= 0.6 is 35.0 Å². The quantitative estimate of drug-likeness (QED) is 0.322. The number of anilines is 1. The van der Waals surface area contributed by atoms with Gasteiger partial charge in [0, 0.05) is 22.0 Å². The second-order valence-corrected chi connectivity index (χ2v) is 8.71. The van der Waals surface area contributed by atoms with Crippen LogP contribution in [-0.2, 0) is 5.75 Å². The Bertz CT molecular complexity index is 1290. The topological polar surface area (TPSA) is 59.9 Å². The van der Waals surface area contributed by atoms with E-state index in [9.17, 15) is 4.39 Å². The van der Waals surface area contributed by atoms with Crippen LogP contribution in [-0.4, -0.2) is 15.2 Å². The number of thioether (sulfide) groups is 1. The Labute approximate surface area is 198 Å². The van der Waals surface area contributed by atoms with Crippen molar-refractivity contribution in [2.24, 2.45) is 0 Å². The highest BCUT2D eigenvalue weighted by Gasteiger charge is 2.29. The van der Waals surface area contributed by atoms with Gasteiger partial charge in [0.05, 0.1) is 10.6 Å². The molecule has 1 atom stereocenters. The van der Waals surface area contributed by atoms with Crippen LogP contribution in [0.4, 0.5) is 10.1 Å². The van der Waals surface area contributed by atoms with Gasteiger partial charge in [-0.15, -0.1) is 10.2 Å². The van der Waals surface area contributed by atoms with E-state index < -0.39 is 12.0 Å². The van der Waals surface area contributed by atoms with Gasteiger partial charge < -0.3 is 10.1 Å². The lowest BCUT2D eigenvalue weighted by Crippen LogP contribution is -2.19. The summed E-state index contributed by atoms with van der Waals surface area (Å²) in [7, 11) is 0. The van der Waals surface area contributed by atoms with Gasteiger partial charge in [-0.1, -0.05) is 77.4 Å². The van der Waals surface area contributed by atoms with Crippen LogP contribution in [0.1, 0.15) is 17.4 Å². The first-order valence-corrected chi connectivity index (χ1v) is 11.4. The van der Waals surface area contributed by atoms with Crippen molar-refractivity contribution in [3.63, 3.8) is 0 Å². The molecule has 160 valence electrons. The van der Waals surface area contributed by atoms with E-state index in [1.807, 2.05) is 48.5 Å². The predicted octanol–water partition coefficient (Wildman–Crippen LogP) is 6.78. The summed E-state index contributed by atoms with van der Waals surface area (Å²) in [6, 6.07) is 19.6. The SMILES string of the molecule is Fc1cccc(Cl)c1[C@H]1Nc2ccccc2-c2nnc(SCc3ccccc3Cl)nc2O1. The van der Waals surface area contributed by atoms with Gasteiger partial charge in [-0.25, -0.2) is 4.39 Å². The van der Waals surface area contributed by atoms with E-state index in [-0.39, 0.29) is 16.5 Å². The van der Waals surface area contributed by atoms with E-state index in [0.29, 0.717) is 27.3 Å². The van der Waals surface area contributed by atoms with Crippen LogP contribution in [0.15, 0.2) is 71.9 Å². The molecule has 3 aromatic carbocycles. The summed E-state index contributed by atoms with van der Waals surface area (Å²) in [6.45, 7) is 0. The smallest absolute Gasteiger partial charge is 0.247 e. The molecule has 5 rings (SSSR count). The Morgan fingerprint density at radius 1 is 0.938 bits per heavy atom. The zero-order chi connectivity index (χ0) is 22.1. The molecule has 9 heteroatoms. The molecule has 2 heterocycles. The van der Waals surface area contributed by atoms with Crippen LogP contribution in [0.3, 0.4) is 0 Å². The fraction of sp³-hybridized carbons (Fsp3) is 0.0870. The van der Waals surface area contributed by atoms with Gasteiger partial charge in [0.2, 0.25) is 17.3 Å². The molecule has 0 saturated heterocycles. The van der Waals surface area contributed by atoms with Crippen molar-refractivity contribution < 1.29 is 9.13 Å². The molecule has 0 bridgehead atoms. The van der Waals surface area contributed by atoms with Gasteiger partial charge in [0.1, 0.15) is 5.82 Å². The molecule has 0 aliphatic carbocycles. The lowest BCUT2D eigenvalue weighted by molar-refractivity contribution is 0.220. The fourth-order valence-corrected chi connectivity index (χ4v) is 4.68. The molecule has 0 unspecified atom stereocenters. The summed E-state index contributed by atoms with van der Waals surface area (Å²) in [4.78, 5) is 4.57. The number of ether oxygens (including phenoxy) is 1. The van der Waals surface area contributed by atoms with Gasteiger partial charge in [-0.2, -0.15) is 4.98 Å². The van der Waals surface area contributed by atoms with E-state index in [1.54, 1.807) is 12.1 Å². The molecule has 1 aliphatic heterocycles. The van der Waals surface area contributed by atoms with E-state index in [2.05, 4.69) is 20.5 Å². The minimum Gasteiger partial charge on any atom is -0.448 e. The van der Waals surface area contributed by atoms with Crippen LogP contribution in [0, 0.1) is 5.82 Å². The molecule has 0 radical (unpaired) electrons. The summed E-state index contributed by atoms with van der Waals surface area (Å²) in [5.74, 6) is 0.326. The van der Waals surface area contributed by atoms with Crippen LogP contribution in [0.5, 0.6) is 5.88 Å². The van der Waals surface area contributed by atoms with Crippen LogP contribution < -0.4 is 10.1 Å². The lowest BCUT2D eigenvalue weighted by Gasteiger charge is -2.20. The van der Waals surface area contributed by atoms with Crippen molar-refractivity contribution in [1.82, 2.24) is 15.2 Å². The van der Waals surface area contributed by atoms with E-state index in [1.165, 1.54) is 17.8 Å². The Morgan fingerprint density at radius 2 is 1.72 bits per heavy atom. The first kappa shape index (κ1) is 21.0. The highest BCUT2D eigenvalue weighted by atomic mass is 35.5. The van der Waals surface area contributed by atoms with Crippen LogP contribution in [0.25, 0.3) is 11.3 Å². The molecule has 5 nitrogen and oxygen atoms in total. The van der Waals surface area contributed by atoms with Gasteiger partial charge in [-0.3, -0.25) is 0 Å². The maximum absolute atomic E-state index is 14.7. The van der Waals surface area contributed by atoms with E-state index in [4.69, 9.17) is 27.9 Å². The molecular weight excluding hydrogens is 470 g/mol. The maximum atomic E-state index is 14.7. The standard InChI is InChI=1S/C23H15Cl2FN4OS/c24-15-8-3-1-6-13(15)12-32-23-28-22-20(29-30-23)14-7-2-4-11-18(14)27-21(31-22)19-16(25)9-5-10-17(19)26/h1-11,21,27H,12H2/t21-/m0/s1. The van der Waals surface area contributed by atoms with Crippen molar-refractivity contribution in [2.45, 2.75) is 17.1 Å². The van der Waals surface area contributed by atoms with Crippen molar-refractivity contribution in [1.29, 1.82) is 0 Å². The molecule has 4 aromatic rings. The number of hydrogen-bond donors (Lipinski definition) is 1. The highest BCUT2D eigenvalue weighted by molar-refractivity contribution is 7.98. The molecule has 0 amide bonds. The maximum Gasteiger partial charge on any atom is 0.247 e. The van der Waals surface area contributed by atoms with Crippen LogP contribution in [0.2, 0.25) is 10.0 Å². The fourth-order valence-electron chi connectivity index (χ4n) is 3.36. The summed E-state index contributed by atoms with van der Waals surface area (Å²) >= 11 is 13.9. The average Bonchev–Trinajstić information content (AvgIpc) is 2.95. The number of halogens is 3. The molecule has 1 N–H and O–H groups in total. The minimum atomic E-state index is -0.899. The van der Waals surface area contributed by atoms with Crippen molar-refractivity contribution in [3.8, 4) is 17.1 Å². The van der Waals surface area contributed by atoms with Gasteiger partial charge in [-0.05, 0) is 29.8 Å². The molecule has 1 aliphatic rings. The van der Waals surface area contributed by atoms with Crippen molar-refractivity contribution >= 4 is 40.7 Å². The first-order valence-electron chi connectivity index (χ1n) is 9.67. The summed E-state index contributed by atoms with van der Waals surface area (Å²) in [5.41, 5.74) is 3.08. The third kappa shape index (κ3) is 4.11. The van der Waals surface area contributed by atoms with Gasteiger partial charge in [0.25, 0.3) is 0 Å². The number of rotatable bonds is 4. The molecule has 0 saturated carbocycles. The molecular formula is C23H15Cl2FN4OS. The third-order valence-electron chi connectivity index (χ3n) is 4.91. The van der Waals surface area contributed by atoms with Gasteiger partial charge >= 0.3 is 0 Å². The Morgan fingerprint density at radius 3 is 2.56 bits per heavy atom. The summed E-state index contributed by atoms with van der Waals surface area (Å²) in [5, 5.41) is 13.2. The molecule has 0 spiro atoms. The number of benzene rings is 3. The van der Waals surface area contributed by atoms with Crippen molar-refractivity contribution in [2.75, 3.05) is 5.32 Å². The Kier molecular flexibility index (Phi) is 5.87. The average molecular weight is 485 g/mol. The van der Waals surface area contributed by atoms with Gasteiger partial charge in [0.15, 0.2) is 5.69 Å². The Balaban J connectivity index is 1.53. The number of fused-ring (bicyclic) bond motifs is 3. The highest BCUT2D eigenvalue weighted by Crippen LogP contribution is 2.41. The number of nitrogens with one attached hydrogen (secondary N) is 1. The second kappa shape index (κ2) is 8.94. The Hall–Kier alpha value is -2.87. The zero-order valence-electron chi connectivity index (χ0n) is 16.4. The van der Waals surface area contributed by atoms with E-state index in [0.717, 1.165) is 11.1 Å². The second-order valence-electron chi connectivity index (χ2n) is 6.95. The first-order chi connectivity index (χ1) is 15.6. The lowest BCUT2D eigenvalue weighted by atomic mass is 10.1. The number of nitrogens with zero attached hydrogens (tertiary/aromatic N) is 3. The zero-order valence-corrected chi connectivity index (χ0v) is 18.8. The molecule has 32 heavy (non-hydrogen) atoms. The normalized spacial score (nSPS) is 14.5. The van der Waals surface area contributed by atoms with Crippen molar-refractivity contribution in [3.05, 3.63) is 93.7 Å². The number of aromatic nitrogens is 3. The largest absolute Gasteiger partial charge is 0.448 e. The molecule has 0 fully saturated rings. The van der Waals surface area contributed by atoms with E-state index >= 15 is 0 Å². The monoisotopic (exact) mass is 484 g/mol. The summed E-state index contributed by atoms with van der Waals surface area (Å²) < 4.78 is 20.8. The third-order valence-corrected chi connectivity index (χ3v) is 6.49. The number of para-hydroxylation sites is 1. The minimum absolute atomic E-state index is 0.195. The molecule has 1 aromatic heterocycles. The summed E-state index contributed by atoms with van der Waals surface area (Å²) in [6.07, 6.45) is -0.899.